The Balaban J connectivity index is 2.39. The molecule has 0 bridgehead atoms. The third-order valence-corrected chi connectivity index (χ3v) is 3.17. The second-order valence-electron chi connectivity index (χ2n) is 4.39. The molecule has 2 rings (SSSR count). The minimum atomic E-state index is 0.376. The van der Waals surface area contributed by atoms with E-state index in [-0.39, 0.29) is 0 Å². The maximum absolute atomic E-state index is 4.42. The van der Waals surface area contributed by atoms with Crippen LogP contribution in [0.4, 0.5) is 0 Å². The number of nitrogens with zero attached hydrogens (tertiary/aromatic N) is 1. The minimum Gasteiger partial charge on any atom is -0.310 e. The van der Waals surface area contributed by atoms with E-state index < -0.39 is 0 Å². The lowest BCUT2D eigenvalue weighted by molar-refractivity contribution is 0.523. The largest absolute Gasteiger partial charge is 0.310 e. The Labute approximate surface area is 109 Å². The van der Waals surface area contributed by atoms with Gasteiger partial charge in [0, 0.05) is 17.6 Å². The van der Waals surface area contributed by atoms with E-state index in [1.165, 1.54) is 10.9 Å². The highest BCUT2D eigenvalue weighted by Crippen LogP contribution is 2.25. The molecule has 1 atom stereocenters. The zero-order valence-electron chi connectivity index (χ0n) is 10.9. The normalized spacial score (nSPS) is 12.5. The van der Waals surface area contributed by atoms with Crippen LogP contribution in [0.25, 0.3) is 10.9 Å². The lowest BCUT2D eigenvalue weighted by Crippen LogP contribution is -2.21. The van der Waals surface area contributed by atoms with Crippen LogP contribution in [-0.4, -0.2) is 11.5 Å². The lowest BCUT2D eigenvalue weighted by Gasteiger charge is -2.19. The van der Waals surface area contributed by atoms with E-state index in [1.807, 2.05) is 18.3 Å². The van der Waals surface area contributed by atoms with Crippen molar-refractivity contribution in [3.63, 3.8) is 0 Å². The zero-order valence-corrected chi connectivity index (χ0v) is 10.9. The molecule has 1 unspecified atom stereocenters. The number of rotatable bonds is 6. The molecule has 0 saturated heterocycles. The average molecular weight is 240 g/mol. The molecule has 0 aliphatic carbocycles. The fourth-order valence-corrected chi connectivity index (χ4v) is 2.32. The van der Waals surface area contributed by atoms with Gasteiger partial charge in [0.2, 0.25) is 0 Å². The second-order valence-corrected chi connectivity index (χ2v) is 4.39. The fourth-order valence-electron chi connectivity index (χ4n) is 2.32. The highest BCUT2D eigenvalue weighted by Gasteiger charge is 2.12. The van der Waals surface area contributed by atoms with Crippen LogP contribution in [0.5, 0.6) is 0 Å². The fraction of sp³-hybridized carbons (Fsp3) is 0.312. The van der Waals surface area contributed by atoms with E-state index in [0.29, 0.717) is 6.04 Å². The van der Waals surface area contributed by atoms with Crippen molar-refractivity contribution in [2.45, 2.75) is 25.8 Å². The Morgan fingerprint density at radius 3 is 2.94 bits per heavy atom. The molecule has 0 saturated carbocycles. The highest BCUT2D eigenvalue weighted by molar-refractivity contribution is 5.82. The molecule has 94 valence electrons. The number of para-hydroxylation sites is 1. The van der Waals surface area contributed by atoms with E-state index in [4.69, 9.17) is 0 Å². The SMILES string of the molecule is C=CCCC(NCC)c1ccnc2ccccc12. The van der Waals surface area contributed by atoms with Crippen LogP contribution in [0.3, 0.4) is 0 Å². The molecule has 0 spiro atoms. The molecule has 1 aromatic carbocycles. The predicted octanol–water partition coefficient (Wildman–Crippen LogP) is 3.85. The maximum atomic E-state index is 4.42. The molecular weight excluding hydrogens is 220 g/mol. The van der Waals surface area contributed by atoms with Gasteiger partial charge in [0.15, 0.2) is 0 Å². The van der Waals surface area contributed by atoms with Gasteiger partial charge in [-0.15, -0.1) is 6.58 Å². The molecule has 0 aliphatic heterocycles. The Kier molecular flexibility index (Phi) is 4.48. The van der Waals surface area contributed by atoms with Gasteiger partial charge in [-0.1, -0.05) is 31.2 Å². The Bertz CT molecular complexity index is 514. The standard InChI is InChI=1S/C16H20N2/c1-3-5-9-15(17-4-2)14-11-12-18-16-10-7-6-8-13(14)16/h3,6-8,10-12,15,17H,1,4-5,9H2,2H3. The van der Waals surface area contributed by atoms with Crippen molar-refractivity contribution in [2.75, 3.05) is 6.54 Å². The first-order valence-corrected chi connectivity index (χ1v) is 6.54. The van der Waals surface area contributed by atoms with Gasteiger partial charge < -0.3 is 5.32 Å². The van der Waals surface area contributed by atoms with E-state index >= 15 is 0 Å². The summed E-state index contributed by atoms with van der Waals surface area (Å²) in [6.07, 6.45) is 5.98. The summed E-state index contributed by atoms with van der Waals surface area (Å²) in [7, 11) is 0. The van der Waals surface area contributed by atoms with E-state index in [2.05, 4.69) is 48.1 Å². The molecule has 2 heteroatoms. The third-order valence-electron chi connectivity index (χ3n) is 3.17. The van der Waals surface area contributed by atoms with Crippen molar-refractivity contribution in [1.29, 1.82) is 0 Å². The maximum Gasteiger partial charge on any atom is 0.0705 e. The van der Waals surface area contributed by atoms with Crippen LogP contribution in [0.2, 0.25) is 0 Å². The van der Waals surface area contributed by atoms with Gasteiger partial charge in [-0.25, -0.2) is 0 Å². The average Bonchev–Trinajstić information content (AvgIpc) is 2.43. The zero-order chi connectivity index (χ0) is 12.8. The first-order chi connectivity index (χ1) is 8.86. The van der Waals surface area contributed by atoms with Crippen molar-refractivity contribution in [1.82, 2.24) is 10.3 Å². The van der Waals surface area contributed by atoms with Gasteiger partial charge >= 0.3 is 0 Å². The first-order valence-electron chi connectivity index (χ1n) is 6.54. The van der Waals surface area contributed by atoms with Crippen LogP contribution >= 0.6 is 0 Å². The van der Waals surface area contributed by atoms with E-state index in [0.717, 1.165) is 24.9 Å². The molecular formula is C16H20N2. The molecule has 2 aromatic rings. The topological polar surface area (TPSA) is 24.9 Å². The Morgan fingerprint density at radius 2 is 2.17 bits per heavy atom. The predicted molar refractivity (Wildman–Crippen MR) is 77.6 cm³/mol. The van der Waals surface area contributed by atoms with Gasteiger partial charge in [-0.3, -0.25) is 4.98 Å². The highest BCUT2D eigenvalue weighted by atomic mass is 14.9. The summed E-state index contributed by atoms with van der Waals surface area (Å²) < 4.78 is 0. The molecule has 1 heterocycles. The molecule has 18 heavy (non-hydrogen) atoms. The summed E-state index contributed by atoms with van der Waals surface area (Å²) in [5, 5.41) is 4.80. The van der Waals surface area contributed by atoms with Crippen molar-refractivity contribution in [3.8, 4) is 0 Å². The van der Waals surface area contributed by atoms with Crippen molar-refractivity contribution in [3.05, 3.63) is 54.7 Å². The van der Waals surface area contributed by atoms with Crippen molar-refractivity contribution in [2.24, 2.45) is 0 Å². The summed E-state index contributed by atoms with van der Waals surface area (Å²) in [4.78, 5) is 4.42. The summed E-state index contributed by atoms with van der Waals surface area (Å²) in [5.41, 5.74) is 2.40. The second kappa shape index (κ2) is 6.31. The smallest absolute Gasteiger partial charge is 0.0705 e. The molecule has 0 radical (unpaired) electrons. The summed E-state index contributed by atoms with van der Waals surface area (Å²) in [6.45, 7) is 6.92. The number of fused-ring (bicyclic) bond motifs is 1. The van der Waals surface area contributed by atoms with Crippen molar-refractivity contribution >= 4 is 10.9 Å². The van der Waals surface area contributed by atoms with Crippen LogP contribution < -0.4 is 5.32 Å². The number of hydrogen-bond donors (Lipinski definition) is 1. The Morgan fingerprint density at radius 1 is 1.33 bits per heavy atom. The van der Waals surface area contributed by atoms with Crippen molar-refractivity contribution < 1.29 is 0 Å². The third kappa shape index (κ3) is 2.77. The molecule has 0 aliphatic rings. The quantitative estimate of drug-likeness (QED) is 0.776. The van der Waals surface area contributed by atoms with E-state index in [1.54, 1.807) is 0 Å². The van der Waals surface area contributed by atoms with Gasteiger partial charge in [0.1, 0.15) is 0 Å². The number of benzene rings is 1. The molecule has 1 aromatic heterocycles. The monoisotopic (exact) mass is 240 g/mol. The Hall–Kier alpha value is -1.67. The molecule has 2 nitrogen and oxygen atoms in total. The minimum absolute atomic E-state index is 0.376. The molecule has 1 N–H and O–H groups in total. The number of nitrogens with one attached hydrogen (secondary N) is 1. The van der Waals surface area contributed by atoms with Crippen LogP contribution in [0.15, 0.2) is 49.2 Å². The summed E-state index contributed by atoms with van der Waals surface area (Å²) in [6, 6.07) is 10.8. The first kappa shape index (κ1) is 12.8. The van der Waals surface area contributed by atoms with Crippen LogP contribution in [0.1, 0.15) is 31.4 Å². The number of hydrogen-bond acceptors (Lipinski definition) is 2. The number of allylic oxidation sites excluding steroid dienone is 1. The number of aromatic nitrogens is 1. The number of pyridine rings is 1. The molecule has 0 fully saturated rings. The summed E-state index contributed by atoms with van der Waals surface area (Å²) >= 11 is 0. The van der Waals surface area contributed by atoms with E-state index in [9.17, 15) is 0 Å². The van der Waals surface area contributed by atoms with Crippen LogP contribution in [0, 0.1) is 0 Å². The van der Waals surface area contributed by atoms with Gasteiger partial charge in [-0.2, -0.15) is 0 Å². The van der Waals surface area contributed by atoms with Gasteiger partial charge in [0.25, 0.3) is 0 Å². The van der Waals surface area contributed by atoms with Gasteiger partial charge in [-0.05, 0) is 37.1 Å². The van der Waals surface area contributed by atoms with Gasteiger partial charge in [0.05, 0.1) is 5.52 Å². The lowest BCUT2D eigenvalue weighted by atomic mass is 9.98. The summed E-state index contributed by atoms with van der Waals surface area (Å²) in [5.74, 6) is 0. The molecule has 0 amide bonds. The van der Waals surface area contributed by atoms with Crippen LogP contribution in [-0.2, 0) is 0 Å².